The van der Waals surface area contributed by atoms with Crippen molar-refractivity contribution < 1.29 is 41.4 Å². The van der Waals surface area contributed by atoms with E-state index in [-0.39, 0.29) is 29.1 Å². The van der Waals surface area contributed by atoms with Gasteiger partial charge < -0.3 is 19.7 Å². The van der Waals surface area contributed by atoms with E-state index in [0.29, 0.717) is 27.9 Å². The number of hydrogen-bond acceptors (Lipinski definition) is 7. The van der Waals surface area contributed by atoms with Gasteiger partial charge in [-0.05, 0) is 85.7 Å². The van der Waals surface area contributed by atoms with E-state index in [1.165, 1.54) is 92.1 Å². The van der Waals surface area contributed by atoms with Crippen LogP contribution in [0.4, 0.5) is 14.5 Å². The summed E-state index contributed by atoms with van der Waals surface area (Å²) in [5.74, 6) is -2.84. The van der Waals surface area contributed by atoms with Gasteiger partial charge in [-0.2, -0.15) is 0 Å². The lowest BCUT2D eigenvalue weighted by atomic mass is 9.94. The number of hydrogen-bond donors (Lipinski definition) is 3. The largest absolute Gasteiger partial charge is 0.469 e. The van der Waals surface area contributed by atoms with E-state index in [2.05, 4.69) is 10.1 Å². The number of esters is 1. The number of ether oxygens (including phenoxy) is 1. The average molecular weight is 666 g/mol. The normalized spacial score (nSPS) is 12.3. The molecule has 4 aromatic rings. The minimum Gasteiger partial charge on any atom is -0.469 e. The maximum Gasteiger partial charge on any atom is 0.308 e. The summed E-state index contributed by atoms with van der Waals surface area (Å²) in [6.07, 6.45) is 0.633. The van der Waals surface area contributed by atoms with Crippen molar-refractivity contribution in [1.82, 2.24) is 4.57 Å². The molecule has 1 heterocycles. The third kappa shape index (κ3) is 8.44. The molecule has 0 bridgehead atoms. The Kier molecular flexibility index (Phi) is 10.9. The second kappa shape index (κ2) is 14.6. The topological polar surface area (TPSA) is 158 Å². The van der Waals surface area contributed by atoms with Crippen LogP contribution < -0.4 is 10.5 Å². The minimum absolute atomic E-state index is 0.110. The zero-order valence-corrected chi connectivity index (χ0v) is 26.6. The summed E-state index contributed by atoms with van der Waals surface area (Å²) in [5.41, 5.74) is 2.43. The number of methoxy groups -OCH3 is 1. The Balaban J connectivity index is 1.94. The molecule has 0 fully saturated rings. The van der Waals surface area contributed by atoms with Crippen LogP contribution >= 0.6 is 0 Å². The number of ketones is 1. The Morgan fingerprint density at radius 2 is 1.43 bits per heavy atom. The van der Waals surface area contributed by atoms with Gasteiger partial charge in [0.2, 0.25) is 10.0 Å². The summed E-state index contributed by atoms with van der Waals surface area (Å²) in [4.78, 5) is 38.5. The predicted octanol–water partition coefficient (Wildman–Crippen LogP) is 5.48. The molecule has 246 valence electrons. The molecule has 0 aliphatic carbocycles. The zero-order valence-electron chi connectivity index (χ0n) is 25.7. The highest BCUT2D eigenvalue weighted by Gasteiger charge is 2.30. The maximum atomic E-state index is 14.2. The molecule has 0 spiro atoms. The van der Waals surface area contributed by atoms with E-state index in [9.17, 15) is 36.7 Å². The van der Waals surface area contributed by atoms with Crippen LogP contribution in [0.1, 0.15) is 48.9 Å². The van der Waals surface area contributed by atoms with Crippen molar-refractivity contribution in [2.45, 2.75) is 43.7 Å². The third-order valence-electron chi connectivity index (χ3n) is 7.18. The first-order chi connectivity index (χ1) is 22.2. The number of aliphatic hydroxyl groups is 1. The molecular weight excluding hydrogens is 632 g/mol. The molecule has 0 saturated heterocycles. The molecule has 3 aromatic carbocycles. The number of carbonyl (C=O) groups is 3. The van der Waals surface area contributed by atoms with Gasteiger partial charge in [0.15, 0.2) is 5.78 Å². The molecule has 1 atom stereocenters. The van der Waals surface area contributed by atoms with Gasteiger partial charge >= 0.3 is 5.97 Å². The van der Waals surface area contributed by atoms with Crippen molar-refractivity contribution in [2.24, 2.45) is 5.14 Å². The van der Waals surface area contributed by atoms with Crippen molar-refractivity contribution in [3.05, 3.63) is 102 Å². The van der Waals surface area contributed by atoms with Gasteiger partial charge in [0.05, 0.1) is 30.2 Å². The molecule has 4 N–H and O–H groups in total. The van der Waals surface area contributed by atoms with E-state index >= 15 is 0 Å². The lowest BCUT2D eigenvalue weighted by molar-refractivity contribution is -0.143. The van der Waals surface area contributed by atoms with Gasteiger partial charge in [-0.1, -0.05) is 24.3 Å². The summed E-state index contributed by atoms with van der Waals surface area (Å²) in [6.45, 7) is 3.61. The fourth-order valence-corrected chi connectivity index (χ4v) is 5.59. The van der Waals surface area contributed by atoms with Crippen LogP contribution in [-0.2, 0) is 24.3 Å². The number of aliphatic hydroxyl groups excluding tert-OH is 1. The molecule has 1 aromatic heterocycles. The number of nitrogens with two attached hydrogens (primary N) is 1. The fourth-order valence-electron chi connectivity index (χ4n) is 5.08. The quantitative estimate of drug-likeness (QED) is 0.134. The predicted molar refractivity (Wildman–Crippen MR) is 173 cm³/mol. The number of nitrogens with zero attached hydrogens (tertiary/aromatic N) is 1. The Morgan fingerprint density at radius 3 is 1.91 bits per heavy atom. The first kappa shape index (κ1) is 34.9. The van der Waals surface area contributed by atoms with Gasteiger partial charge in [-0.3, -0.25) is 14.4 Å². The molecule has 4 rings (SSSR count). The van der Waals surface area contributed by atoms with Crippen LogP contribution in [0, 0.1) is 11.6 Å². The van der Waals surface area contributed by atoms with Crippen molar-refractivity contribution >= 4 is 39.4 Å². The van der Waals surface area contributed by atoms with E-state index < -0.39 is 51.5 Å². The van der Waals surface area contributed by atoms with Gasteiger partial charge in [-0.25, -0.2) is 22.3 Å². The van der Waals surface area contributed by atoms with Crippen LogP contribution in [0.2, 0.25) is 0 Å². The minimum atomic E-state index is -3.98. The van der Waals surface area contributed by atoms with Crippen LogP contribution in [0.5, 0.6) is 0 Å². The number of allylic oxidation sites excluding steroid dienone is 1. The van der Waals surface area contributed by atoms with E-state index in [1.807, 2.05) is 0 Å². The van der Waals surface area contributed by atoms with Crippen LogP contribution in [-0.4, -0.2) is 49.0 Å². The monoisotopic (exact) mass is 665 g/mol. The summed E-state index contributed by atoms with van der Waals surface area (Å²) in [7, 11) is -2.81. The first-order valence-electron chi connectivity index (χ1n) is 14.4. The number of primary sulfonamides is 1. The van der Waals surface area contributed by atoms with E-state index in [0.717, 1.165) is 0 Å². The number of carbonyl (C=O) groups excluding carboxylic acids is 3. The summed E-state index contributed by atoms with van der Waals surface area (Å²) in [6, 6.07) is 15.8. The number of aromatic nitrogens is 1. The molecule has 1 amide bonds. The highest BCUT2D eigenvalue weighted by molar-refractivity contribution is 7.89. The molecule has 0 aliphatic rings. The molecule has 0 radical (unpaired) electrons. The second-order valence-electron chi connectivity index (χ2n) is 10.9. The summed E-state index contributed by atoms with van der Waals surface area (Å²) < 4.78 is 57.8. The number of nitrogens with one attached hydrogen (secondary N) is 1. The summed E-state index contributed by atoms with van der Waals surface area (Å²) in [5, 5.41) is 18.2. The average Bonchev–Trinajstić information content (AvgIpc) is 3.36. The number of rotatable bonds is 12. The molecule has 47 heavy (non-hydrogen) atoms. The Morgan fingerprint density at radius 1 is 0.894 bits per heavy atom. The smallest absolute Gasteiger partial charge is 0.308 e. The Hall–Kier alpha value is -4.98. The van der Waals surface area contributed by atoms with Gasteiger partial charge in [0, 0.05) is 29.3 Å². The van der Waals surface area contributed by atoms with E-state index in [1.54, 1.807) is 18.4 Å². The Labute approximate surface area is 270 Å². The number of benzene rings is 3. The maximum absolute atomic E-state index is 14.2. The highest BCUT2D eigenvalue weighted by atomic mass is 32.2. The number of amides is 1. The molecule has 13 heteroatoms. The SMILES string of the molecule is COC(=O)C[C@H](O)CC(=O)/C=C/c1c(-c2ccc(F)cc2)c(-c2ccc(F)cc2)c(C(=O)Nc2ccc(S(N)(=O)=O)cc2)n1C(C)C. The van der Waals surface area contributed by atoms with Gasteiger partial charge in [0.25, 0.3) is 5.91 Å². The third-order valence-corrected chi connectivity index (χ3v) is 8.10. The van der Waals surface area contributed by atoms with Crippen LogP contribution in [0.25, 0.3) is 28.3 Å². The molecule has 10 nitrogen and oxygen atoms in total. The van der Waals surface area contributed by atoms with Crippen molar-refractivity contribution in [3.8, 4) is 22.3 Å². The Bertz CT molecular complexity index is 1920. The summed E-state index contributed by atoms with van der Waals surface area (Å²) >= 11 is 0. The zero-order chi connectivity index (χ0) is 34.5. The standard InChI is InChI=1S/C34H33F2N3O7S/c1-20(2)39-29(17-14-26(40)18-27(41)19-30(42)46-3)31(21-4-8-23(35)9-5-21)32(22-6-10-24(36)11-7-22)33(39)34(43)38-25-12-15-28(16-13-25)47(37,44)45/h4-17,20,27,41H,18-19H2,1-3H3,(H,38,43)(H2,37,44,45)/b17-14+/t27-/m1/s1. The van der Waals surface area contributed by atoms with E-state index in [4.69, 9.17) is 5.14 Å². The molecule has 0 saturated carbocycles. The second-order valence-corrected chi connectivity index (χ2v) is 12.5. The van der Waals surface area contributed by atoms with Crippen molar-refractivity contribution in [2.75, 3.05) is 12.4 Å². The highest BCUT2D eigenvalue weighted by Crippen LogP contribution is 2.43. The first-order valence-corrected chi connectivity index (χ1v) is 15.9. The van der Waals surface area contributed by atoms with Crippen molar-refractivity contribution in [1.29, 1.82) is 0 Å². The number of anilines is 1. The molecule has 0 aliphatic heterocycles. The van der Waals surface area contributed by atoms with Crippen LogP contribution in [0.15, 0.2) is 83.8 Å². The van der Waals surface area contributed by atoms with Gasteiger partial charge in [0.1, 0.15) is 17.3 Å². The lowest BCUT2D eigenvalue weighted by Crippen LogP contribution is -2.20. The lowest BCUT2D eigenvalue weighted by Gasteiger charge is -2.17. The van der Waals surface area contributed by atoms with Crippen molar-refractivity contribution in [3.63, 3.8) is 0 Å². The van der Waals surface area contributed by atoms with Gasteiger partial charge in [-0.15, -0.1) is 0 Å². The number of sulfonamides is 1. The fraction of sp³-hybridized carbons (Fsp3) is 0.206. The molecular formula is C34H33F2N3O7S. The molecule has 0 unspecified atom stereocenters. The van der Waals surface area contributed by atoms with Crippen LogP contribution in [0.3, 0.4) is 0 Å². The number of halogens is 2.